The average Bonchev–Trinajstić information content (AvgIpc) is 2.24. The number of hydrogen-bond donors (Lipinski definition) is 3. The summed E-state index contributed by atoms with van der Waals surface area (Å²) in [5.41, 5.74) is -1.53. The zero-order chi connectivity index (χ0) is 15.9. The van der Waals surface area contributed by atoms with Gasteiger partial charge in [0.05, 0.1) is 24.3 Å². The molecule has 0 aromatic rings. The molecule has 0 aliphatic rings. The number of aliphatic carboxylic acids is 2. The maximum absolute atomic E-state index is 12.0. The summed E-state index contributed by atoms with van der Waals surface area (Å²) < 4.78 is 0. The lowest BCUT2D eigenvalue weighted by molar-refractivity contribution is -0.147. The van der Waals surface area contributed by atoms with E-state index in [0.717, 1.165) is 0 Å². The van der Waals surface area contributed by atoms with Gasteiger partial charge in [0, 0.05) is 6.42 Å². The number of hydrogen-bond acceptors (Lipinski definition) is 5. The van der Waals surface area contributed by atoms with E-state index in [1.807, 2.05) is 0 Å². The molecule has 0 aliphatic carbocycles. The summed E-state index contributed by atoms with van der Waals surface area (Å²) in [5, 5.41) is 19.5. The Morgan fingerprint density at radius 3 is 2.05 bits per heavy atom. The summed E-state index contributed by atoms with van der Waals surface area (Å²) >= 11 is 0. The molecule has 0 spiro atoms. The monoisotopic (exact) mass is 287 g/mol. The third-order valence-electron chi connectivity index (χ3n) is 2.60. The molecule has 0 rings (SSSR count). The van der Waals surface area contributed by atoms with Gasteiger partial charge in [0.25, 0.3) is 0 Å². The van der Waals surface area contributed by atoms with E-state index >= 15 is 0 Å². The number of Topliss-reactive ketones (excluding diaryl/α,β-unsaturated/α-hetero) is 1. The average molecular weight is 287 g/mol. The Bertz CT molecular complexity index is 414. The molecule has 1 amide bonds. The molecule has 0 saturated carbocycles. The van der Waals surface area contributed by atoms with Crippen LogP contribution in [0.4, 0.5) is 0 Å². The molecule has 0 aliphatic heterocycles. The van der Waals surface area contributed by atoms with Crippen LogP contribution in [0.1, 0.15) is 33.1 Å². The molecule has 3 N–H and O–H groups in total. The quantitative estimate of drug-likeness (QED) is 0.491. The first-order valence-corrected chi connectivity index (χ1v) is 5.80. The minimum absolute atomic E-state index is 0.251. The molecule has 8 heteroatoms. The van der Waals surface area contributed by atoms with Crippen molar-refractivity contribution >= 4 is 29.9 Å². The van der Waals surface area contributed by atoms with Crippen molar-refractivity contribution in [2.24, 2.45) is 5.41 Å². The van der Waals surface area contributed by atoms with Crippen LogP contribution in [0.3, 0.4) is 0 Å². The van der Waals surface area contributed by atoms with Gasteiger partial charge in [-0.05, 0) is 13.8 Å². The van der Waals surface area contributed by atoms with Gasteiger partial charge in [-0.1, -0.05) is 0 Å². The molecule has 2 atom stereocenters. The molecule has 0 aromatic heterocycles. The number of carboxylic acid groups (broad SMARTS) is 2. The van der Waals surface area contributed by atoms with Crippen molar-refractivity contribution in [1.82, 2.24) is 5.32 Å². The molecule has 0 aromatic carbocycles. The predicted octanol–water partition coefficient (Wildman–Crippen LogP) is -0.395. The van der Waals surface area contributed by atoms with E-state index in [9.17, 15) is 24.0 Å². The van der Waals surface area contributed by atoms with Gasteiger partial charge in [0.1, 0.15) is 12.1 Å². The number of carboxylic acids is 2. The van der Waals surface area contributed by atoms with Crippen molar-refractivity contribution in [3.05, 3.63) is 0 Å². The van der Waals surface area contributed by atoms with Crippen LogP contribution >= 0.6 is 0 Å². The van der Waals surface area contributed by atoms with Crippen molar-refractivity contribution in [3.63, 3.8) is 0 Å². The van der Waals surface area contributed by atoms with Crippen LogP contribution in [0, 0.1) is 5.41 Å². The highest BCUT2D eigenvalue weighted by Crippen LogP contribution is 2.27. The fourth-order valence-electron chi connectivity index (χ4n) is 1.77. The second-order valence-corrected chi connectivity index (χ2v) is 4.82. The Kier molecular flexibility index (Phi) is 6.54. The van der Waals surface area contributed by atoms with Crippen molar-refractivity contribution in [2.45, 2.75) is 39.2 Å². The molecule has 112 valence electrons. The Morgan fingerprint density at radius 1 is 1.15 bits per heavy atom. The lowest BCUT2D eigenvalue weighted by Crippen LogP contribution is -2.47. The van der Waals surface area contributed by atoms with E-state index in [4.69, 9.17) is 10.2 Å². The standard InChI is InChI=1S/C12H17NO7/c1-7(15)4-12(2,5-10(18)19)11(20)13-8(6-14)3-9(16)17/h6,8H,3-5H2,1-2H3,(H,13,20)(H,16,17)(H,18,19). The van der Waals surface area contributed by atoms with Crippen molar-refractivity contribution < 1.29 is 34.2 Å². The van der Waals surface area contributed by atoms with Gasteiger partial charge in [-0.3, -0.25) is 19.2 Å². The van der Waals surface area contributed by atoms with Crippen LogP contribution in [0.25, 0.3) is 0 Å². The number of ketones is 1. The van der Waals surface area contributed by atoms with Gasteiger partial charge in [-0.25, -0.2) is 0 Å². The van der Waals surface area contributed by atoms with Crippen molar-refractivity contribution in [2.75, 3.05) is 0 Å². The second-order valence-electron chi connectivity index (χ2n) is 4.82. The first-order chi connectivity index (χ1) is 9.10. The summed E-state index contributed by atoms with van der Waals surface area (Å²) in [5.74, 6) is -3.78. The molecule has 8 nitrogen and oxygen atoms in total. The fraction of sp³-hybridized carbons (Fsp3) is 0.583. The van der Waals surface area contributed by atoms with Crippen LogP contribution in [-0.2, 0) is 24.0 Å². The minimum atomic E-state index is -1.53. The Morgan fingerprint density at radius 2 is 1.70 bits per heavy atom. The Hall–Kier alpha value is -2.25. The largest absolute Gasteiger partial charge is 0.481 e. The van der Waals surface area contributed by atoms with Crippen LogP contribution in [0.2, 0.25) is 0 Å². The summed E-state index contributed by atoms with van der Waals surface area (Å²) in [6.45, 7) is 2.49. The van der Waals surface area contributed by atoms with Gasteiger partial charge in [0.15, 0.2) is 0 Å². The Balaban J connectivity index is 5.02. The molecule has 20 heavy (non-hydrogen) atoms. The summed E-state index contributed by atoms with van der Waals surface area (Å²) in [6, 6.07) is -1.26. The molecule has 0 radical (unpaired) electrons. The maximum atomic E-state index is 12.0. The Labute approximate surface area is 115 Å². The zero-order valence-corrected chi connectivity index (χ0v) is 11.2. The van der Waals surface area contributed by atoms with Gasteiger partial charge in [-0.15, -0.1) is 0 Å². The third kappa shape index (κ3) is 6.07. The minimum Gasteiger partial charge on any atom is -0.481 e. The lowest BCUT2D eigenvalue weighted by Gasteiger charge is -2.26. The SMILES string of the molecule is CC(=O)CC(C)(CC(=O)O)C(=O)NC(C=O)CC(=O)O. The van der Waals surface area contributed by atoms with Crippen LogP contribution < -0.4 is 5.32 Å². The molecule has 0 heterocycles. The van der Waals surface area contributed by atoms with Crippen LogP contribution in [0.15, 0.2) is 0 Å². The number of rotatable bonds is 9. The summed E-state index contributed by atoms with van der Waals surface area (Å²) in [4.78, 5) is 55.1. The number of carbonyl (C=O) groups is 5. The first-order valence-electron chi connectivity index (χ1n) is 5.80. The van der Waals surface area contributed by atoms with Crippen LogP contribution in [-0.4, -0.2) is 46.2 Å². The highest BCUT2D eigenvalue weighted by molar-refractivity contribution is 5.93. The van der Waals surface area contributed by atoms with E-state index < -0.39 is 42.1 Å². The first kappa shape index (κ1) is 17.8. The van der Waals surface area contributed by atoms with Gasteiger partial charge < -0.3 is 20.3 Å². The number of amides is 1. The van der Waals surface area contributed by atoms with Crippen LogP contribution in [0.5, 0.6) is 0 Å². The molecule has 0 fully saturated rings. The van der Waals surface area contributed by atoms with E-state index in [-0.39, 0.29) is 18.5 Å². The molecular weight excluding hydrogens is 270 g/mol. The summed E-state index contributed by atoms with van der Waals surface area (Å²) in [6.07, 6.45) is -1.28. The number of nitrogens with one attached hydrogen (secondary N) is 1. The molecule has 2 unspecified atom stereocenters. The smallest absolute Gasteiger partial charge is 0.305 e. The molecule has 0 bridgehead atoms. The van der Waals surface area contributed by atoms with E-state index in [1.165, 1.54) is 13.8 Å². The van der Waals surface area contributed by atoms with Crippen molar-refractivity contribution in [1.29, 1.82) is 0 Å². The van der Waals surface area contributed by atoms with E-state index in [1.54, 1.807) is 0 Å². The second kappa shape index (κ2) is 7.37. The van der Waals surface area contributed by atoms with Gasteiger partial charge in [-0.2, -0.15) is 0 Å². The highest BCUT2D eigenvalue weighted by Gasteiger charge is 2.38. The molecular formula is C12H17NO7. The topological polar surface area (TPSA) is 138 Å². The number of aldehydes is 1. The fourth-order valence-corrected chi connectivity index (χ4v) is 1.77. The predicted molar refractivity (Wildman–Crippen MR) is 65.9 cm³/mol. The number of carbonyl (C=O) groups excluding carboxylic acids is 3. The van der Waals surface area contributed by atoms with Crippen molar-refractivity contribution in [3.8, 4) is 0 Å². The lowest BCUT2D eigenvalue weighted by atomic mass is 9.80. The van der Waals surface area contributed by atoms with E-state index in [0.29, 0.717) is 0 Å². The van der Waals surface area contributed by atoms with E-state index in [2.05, 4.69) is 5.32 Å². The summed E-state index contributed by atoms with van der Waals surface area (Å²) in [7, 11) is 0. The van der Waals surface area contributed by atoms with Gasteiger partial charge in [0.2, 0.25) is 5.91 Å². The van der Waals surface area contributed by atoms with Gasteiger partial charge >= 0.3 is 11.9 Å². The zero-order valence-electron chi connectivity index (χ0n) is 11.2. The maximum Gasteiger partial charge on any atom is 0.305 e. The third-order valence-corrected chi connectivity index (χ3v) is 2.60. The molecule has 0 saturated heterocycles. The normalized spacial score (nSPS) is 14.7. The highest BCUT2D eigenvalue weighted by atomic mass is 16.4.